The molecule has 1 nitrogen and oxygen atoms in total. The standard InChI is InChI=1S/C7H13N.Y/c1-6-3-4-8-5-7(6)2;/h6-8H,1-5H2;/q-2;. The van der Waals surface area contributed by atoms with Gasteiger partial charge in [0, 0.05) is 32.7 Å². The SMILES string of the molecule is [CH2-]C1CCNCC1[CH2-].[Y]. The third kappa shape index (κ3) is 3.11. The van der Waals surface area contributed by atoms with Crippen molar-refractivity contribution in [3.63, 3.8) is 0 Å². The molecule has 0 saturated carbocycles. The maximum Gasteiger partial charge on any atom is 0 e. The van der Waals surface area contributed by atoms with E-state index in [1.807, 2.05) is 0 Å². The van der Waals surface area contributed by atoms with Gasteiger partial charge in [0.1, 0.15) is 0 Å². The van der Waals surface area contributed by atoms with Crippen LogP contribution in [0.1, 0.15) is 6.42 Å². The van der Waals surface area contributed by atoms with Crippen LogP contribution in [0.5, 0.6) is 0 Å². The first-order chi connectivity index (χ1) is 3.80. The van der Waals surface area contributed by atoms with Crippen LogP contribution in [0.25, 0.3) is 0 Å². The van der Waals surface area contributed by atoms with Gasteiger partial charge in [0.25, 0.3) is 0 Å². The van der Waals surface area contributed by atoms with Crippen LogP contribution in [-0.4, -0.2) is 13.1 Å². The minimum Gasteiger partial charge on any atom is -0.342 e. The Hall–Kier alpha value is 1.06. The van der Waals surface area contributed by atoms with Gasteiger partial charge in [-0.3, -0.25) is 0 Å². The van der Waals surface area contributed by atoms with Crippen molar-refractivity contribution < 1.29 is 32.7 Å². The molecule has 9 heavy (non-hydrogen) atoms. The molecule has 1 heterocycles. The van der Waals surface area contributed by atoms with Crippen LogP contribution in [-0.2, 0) is 32.7 Å². The predicted molar refractivity (Wildman–Crippen MR) is 35.2 cm³/mol. The van der Waals surface area contributed by atoms with E-state index in [0.29, 0.717) is 11.8 Å². The van der Waals surface area contributed by atoms with Crippen LogP contribution in [0.3, 0.4) is 0 Å². The molecule has 0 bridgehead atoms. The molecule has 0 spiro atoms. The third-order valence-electron chi connectivity index (χ3n) is 1.77. The van der Waals surface area contributed by atoms with Gasteiger partial charge in [0.15, 0.2) is 0 Å². The van der Waals surface area contributed by atoms with Crippen molar-refractivity contribution in [3.05, 3.63) is 13.8 Å². The van der Waals surface area contributed by atoms with Crippen LogP contribution >= 0.6 is 0 Å². The van der Waals surface area contributed by atoms with Crippen LogP contribution in [0.4, 0.5) is 0 Å². The molecule has 0 aromatic heterocycles. The zero-order chi connectivity index (χ0) is 5.98. The second-order valence-electron chi connectivity index (χ2n) is 2.51. The van der Waals surface area contributed by atoms with E-state index in [0.717, 1.165) is 13.1 Å². The molecule has 0 amide bonds. The van der Waals surface area contributed by atoms with Gasteiger partial charge in [-0.25, -0.2) is 0 Å². The van der Waals surface area contributed by atoms with E-state index in [-0.39, 0.29) is 32.7 Å². The van der Waals surface area contributed by atoms with Gasteiger partial charge >= 0.3 is 0 Å². The van der Waals surface area contributed by atoms with E-state index in [2.05, 4.69) is 19.2 Å². The molecule has 1 aliphatic rings. The van der Waals surface area contributed by atoms with Crippen LogP contribution in [0, 0.1) is 25.7 Å². The van der Waals surface area contributed by atoms with Gasteiger partial charge in [0.05, 0.1) is 0 Å². The average Bonchev–Trinajstić information content (AvgIpc) is 1.77. The Morgan fingerprint density at radius 1 is 1.22 bits per heavy atom. The predicted octanol–water partition coefficient (Wildman–Crippen LogP) is 0.878. The first-order valence-electron chi connectivity index (χ1n) is 3.17. The Labute approximate surface area is 82.9 Å². The van der Waals surface area contributed by atoms with Gasteiger partial charge in [-0.1, -0.05) is 6.42 Å². The van der Waals surface area contributed by atoms with Gasteiger partial charge in [0.2, 0.25) is 0 Å². The van der Waals surface area contributed by atoms with Crippen LogP contribution in [0.2, 0.25) is 0 Å². The fraction of sp³-hybridized carbons (Fsp3) is 0.714. The van der Waals surface area contributed by atoms with Crippen molar-refractivity contribution >= 4 is 0 Å². The molecule has 51 valence electrons. The van der Waals surface area contributed by atoms with Crippen LogP contribution < -0.4 is 5.32 Å². The average molecular weight is 200 g/mol. The number of hydrogen-bond donors (Lipinski definition) is 1. The molecular formula is C7H13NY-2. The second kappa shape index (κ2) is 4.81. The number of hydrogen-bond acceptors (Lipinski definition) is 1. The Kier molecular flexibility index (Phi) is 5.38. The summed E-state index contributed by atoms with van der Waals surface area (Å²) >= 11 is 0. The monoisotopic (exact) mass is 200 g/mol. The largest absolute Gasteiger partial charge is 0.342 e. The summed E-state index contributed by atoms with van der Waals surface area (Å²) < 4.78 is 0. The molecule has 1 saturated heterocycles. The Morgan fingerprint density at radius 3 is 2.22 bits per heavy atom. The topological polar surface area (TPSA) is 12.0 Å². The van der Waals surface area contributed by atoms with Gasteiger partial charge in [-0.2, -0.15) is 11.8 Å². The Morgan fingerprint density at radius 2 is 1.89 bits per heavy atom. The summed E-state index contributed by atoms with van der Waals surface area (Å²) in [5, 5.41) is 3.26. The zero-order valence-corrected chi connectivity index (χ0v) is 8.61. The van der Waals surface area contributed by atoms with Crippen LogP contribution in [0.15, 0.2) is 0 Å². The normalized spacial score (nSPS) is 35.3. The molecule has 2 unspecified atom stereocenters. The minimum absolute atomic E-state index is 0. The summed E-state index contributed by atoms with van der Waals surface area (Å²) in [6, 6.07) is 0. The summed E-state index contributed by atoms with van der Waals surface area (Å²) in [5.41, 5.74) is 0. The molecular weight excluding hydrogens is 187 g/mol. The van der Waals surface area contributed by atoms with Crippen molar-refractivity contribution in [3.8, 4) is 0 Å². The Balaban J connectivity index is 0.000000640. The summed E-state index contributed by atoms with van der Waals surface area (Å²) in [6.07, 6.45) is 1.19. The molecule has 1 radical (unpaired) electrons. The number of piperidine rings is 1. The van der Waals surface area contributed by atoms with Crippen molar-refractivity contribution in [2.45, 2.75) is 6.42 Å². The summed E-state index contributed by atoms with van der Waals surface area (Å²) in [4.78, 5) is 0. The summed E-state index contributed by atoms with van der Waals surface area (Å²) in [7, 11) is 0. The van der Waals surface area contributed by atoms with E-state index >= 15 is 0 Å². The third-order valence-corrected chi connectivity index (χ3v) is 1.77. The maximum absolute atomic E-state index is 3.98. The minimum atomic E-state index is 0. The molecule has 1 aliphatic heterocycles. The second-order valence-corrected chi connectivity index (χ2v) is 2.51. The van der Waals surface area contributed by atoms with Crippen molar-refractivity contribution in [1.82, 2.24) is 5.32 Å². The molecule has 0 aliphatic carbocycles. The van der Waals surface area contributed by atoms with Gasteiger partial charge < -0.3 is 19.2 Å². The fourth-order valence-electron chi connectivity index (χ4n) is 0.977. The van der Waals surface area contributed by atoms with E-state index < -0.39 is 0 Å². The smallest absolute Gasteiger partial charge is 0 e. The van der Waals surface area contributed by atoms with Crippen molar-refractivity contribution in [2.75, 3.05) is 13.1 Å². The molecule has 0 aromatic rings. The fourth-order valence-corrected chi connectivity index (χ4v) is 0.977. The van der Waals surface area contributed by atoms with E-state index in [4.69, 9.17) is 0 Å². The van der Waals surface area contributed by atoms with E-state index in [1.165, 1.54) is 6.42 Å². The van der Waals surface area contributed by atoms with E-state index in [1.54, 1.807) is 0 Å². The van der Waals surface area contributed by atoms with Gasteiger partial charge in [-0.15, -0.1) is 0 Å². The molecule has 0 aromatic carbocycles. The number of nitrogens with one attached hydrogen (secondary N) is 1. The molecule has 1 N–H and O–H groups in total. The first-order valence-corrected chi connectivity index (χ1v) is 3.17. The summed E-state index contributed by atoms with van der Waals surface area (Å²) in [6.45, 7) is 10.1. The quantitative estimate of drug-likeness (QED) is 0.572. The molecule has 1 fully saturated rings. The van der Waals surface area contributed by atoms with Crippen molar-refractivity contribution in [1.29, 1.82) is 0 Å². The molecule has 2 atom stereocenters. The van der Waals surface area contributed by atoms with Gasteiger partial charge in [-0.05, 0) is 13.1 Å². The molecule has 1 rings (SSSR count). The van der Waals surface area contributed by atoms with Crippen molar-refractivity contribution in [2.24, 2.45) is 11.8 Å². The molecule has 2 heteroatoms. The van der Waals surface area contributed by atoms with E-state index in [9.17, 15) is 0 Å². The maximum atomic E-state index is 3.98. The first kappa shape index (κ1) is 10.1. The zero-order valence-electron chi connectivity index (χ0n) is 5.77. The summed E-state index contributed by atoms with van der Waals surface area (Å²) in [5.74, 6) is 1.11. The number of rotatable bonds is 0. The Bertz CT molecular complexity index is 65.3.